The summed E-state index contributed by atoms with van der Waals surface area (Å²) >= 11 is 0. The second kappa shape index (κ2) is 6.00. The molecular weight excluding hydrogens is 296 g/mol. The maximum atomic E-state index is 11.8. The van der Waals surface area contributed by atoms with Crippen molar-refractivity contribution in [3.8, 4) is 11.6 Å². The molecule has 122 valence electrons. The van der Waals surface area contributed by atoms with E-state index in [1.807, 2.05) is 0 Å². The lowest BCUT2D eigenvalue weighted by Gasteiger charge is -2.09. The molecule has 0 spiro atoms. The Morgan fingerprint density at radius 3 is 2.96 bits per heavy atom. The van der Waals surface area contributed by atoms with Crippen molar-refractivity contribution in [2.75, 3.05) is 13.7 Å². The molecule has 23 heavy (non-hydrogen) atoms. The number of aromatic nitrogens is 3. The highest BCUT2D eigenvalue weighted by atomic mass is 16.5. The lowest BCUT2D eigenvalue weighted by molar-refractivity contribution is -0.140. The van der Waals surface area contributed by atoms with E-state index in [2.05, 4.69) is 9.97 Å². The van der Waals surface area contributed by atoms with Gasteiger partial charge in [0.1, 0.15) is 23.3 Å². The summed E-state index contributed by atoms with van der Waals surface area (Å²) < 4.78 is 6.82. The van der Waals surface area contributed by atoms with Gasteiger partial charge in [0.2, 0.25) is 0 Å². The average molecular weight is 316 g/mol. The third-order valence-corrected chi connectivity index (χ3v) is 4.50. The minimum Gasteiger partial charge on any atom is -0.495 e. The number of rotatable bonds is 7. The SMILES string of the molecule is COc1ccc(-n2cnc(C3(C(=O)O)CC3CCCN)c2)nc1. The number of carboxylic acid groups (broad SMARTS) is 1. The fourth-order valence-electron chi connectivity index (χ4n) is 3.05. The fraction of sp³-hybridized carbons (Fsp3) is 0.438. The van der Waals surface area contributed by atoms with Gasteiger partial charge >= 0.3 is 5.97 Å². The predicted molar refractivity (Wildman–Crippen MR) is 83.6 cm³/mol. The van der Waals surface area contributed by atoms with Crippen LogP contribution < -0.4 is 10.5 Å². The van der Waals surface area contributed by atoms with E-state index in [0.29, 0.717) is 30.2 Å². The molecule has 0 bridgehead atoms. The highest BCUT2D eigenvalue weighted by Gasteiger charge is 2.62. The fourth-order valence-corrected chi connectivity index (χ4v) is 3.05. The predicted octanol–water partition coefficient (Wildman–Crippen LogP) is 1.36. The molecule has 0 aromatic carbocycles. The number of methoxy groups -OCH3 is 1. The molecule has 7 nitrogen and oxygen atoms in total. The highest BCUT2D eigenvalue weighted by Crippen LogP contribution is 2.56. The smallest absolute Gasteiger partial charge is 0.316 e. The number of carboxylic acids is 1. The summed E-state index contributed by atoms with van der Waals surface area (Å²) in [5.41, 5.74) is 5.25. The third kappa shape index (κ3) is 2.68. The average Bonchev–Trinajstić information content (AvgIpc) is 3.10. The Kier molecular flexibility index (Phi) is 4.04. The van der Waals surface area contributed by atoms with E-state index in [1.165, 1.54) is 0 Å². The molecule has 7 heteroatoms. The Bertz CT molecular complexity index is 698. The Labute approximate surface area is 134 Å². The topological polar surface area (TPSA) is 103 Å². The van der Waals surface area contributed by atoms with E-state index in [0.717, 1.165) is 12.8 Å². The molecular formula is C16H20N4O3. The number of nitrogens with zero attached hydrogens (tertiary/aromatic N) is 3. The first kappa shape index (κ1) is 15.5. The van der Waals surface area contributed by atoms with Gasteiger partial charge in [0.15, 0.2) is 0 Å². The number of imidazole rings is 1. The normalized spacial score (nSPS) is 22.8. The monoisotopic (exact) mass is 316 g/mol. The number of hydrogen-bond donors (Lipinski definition) is 2. The summed E-state index contributed by atoms with van der Waals surface area (Å²) in [5, 5.41) is 9.66. The highest BCUT2D eigenvalue weighted by molar-refractivity contribution is 5.85. The molecule has 2 heterocycles. The van der Waals surface area contributed by atoms with Gasteiger partial charge in [-0.2, -0.15) is 0 Å². The van der Waals surface area contributed by atoms with Gasteiger partial charge in [-0.15, -0.1) is 0 Å². The molecule has 1 fully saturated rings. The molecule has 1 saturated carbocycles. The molecule has 3 N–H and O–H groups in total. The van der Waals surface area contributed by atoms with Crippen molar-refractivity contribution in [1.82, 2.24) is 14.5 Å². The summed E-state index contributed by atoms with van der Waals surface area (Å²) in [6, 6.07) is 3.60. The number of hydrogen-bond acceptors (Lipinski definition) is 5. The van der Waals surface area contributed by atoms with E-state index >= 15 is 0 Å². The maximum absolute atomic E-state index is 11.8. The Morgan fingerprint density at radius 2 is 2.35 bits per heavy atom. The van der Waals surface area contributed by atoms with Crippen LogP contribution >= 0.6 is 0 Å². The molecule has 2 aromatic rings. The van der Waals surface area contributed by atoms with E-state index in [-0.39, 0.29) is 5.92 Å². The molecule has 3 rings (SSSR count). The molecule has 2 aromatic heterocycles. The van der Waals surface area contributed by atoms with Crippen LogP contribution in [-0.4, -0.2) is 39.3 Å². The van der Waals surface area contributed by atoms with Gasteiger partial charge in [-0.05, 0) is 43.9 Å². The standard InChI is InChI=1S/C16H20N4O3/c1-23-12-4-5-14(18-8-12)20-9-13(19-10-20)16(15(21)22)7-11(16)3-2-6-17/h4-5,8-11H,2-3,6-7,17H2,1H3,(H,21,22). The minimum atomic E-state index is -0.868. The van der Waals surface area contributed by atoms with Gasteiger partial charge in [-0.1, -0.05) is 0 Å². The van der Waals surface area contributed by atoms with Crippen molar-refractivity contribution in [3.63, 3.8) is 0 Å². The van der Waals surface area contributed by atoms with Crippen LogP contribution in [0.25, 0.3) is 5.82 Å². The van der Waals surface area contributed by atoms with E-state index in [1.54, 1.807) is 42.5 Å². The van der Waals surface area contributed by atoms with Gasteiger partial charge in [0.05, 0.1) is 19.0 Å². The van der Waals surface area contributed by atoms with Crippen LogP contribution in [0.1, 0.15) is 25.0 Å². The first-order valence-corrected chi connectivity index (χ1v) is 7.60. The van der Waals surface area contributed by atoms with Gasteiger partial charge in [0, 0.05) is 6.20 Å². The summed E-state index contributed by atoms with van der Waals surface area (Å²) in [7, 11) is 1.58. The summed E-state index contributed by atoms with van der Waals surface area (Å²) in [6.07, 6.45) is 7.24. The van der Waals surface area contributed by atoms with Gasteiger partial charge in [0.25, 0.3) is 0 Å². The number of carbonyl (C=O) groups is 1. The van der Waals surface area contributed by atoms with Crippen LogP contribution in [0.3, 0.4) is 0 Å². The first-order valence-electron chi connectivity index (χ1n) is 7.60. The molecule has 2 unspecified atom stereocenters. The van der Waals surface area contributed by atoms with Crippen molar-refractivity contribution in [1.29, 1.82) is 0 Å². The third-order valence-electron chi connectivity index (χ3n) is 4.50. The van der Waals surface area contributed by atoms with Crippen molar-refractivity contribution < 1.29 is 14.6 Å². The second-order valence-corrected chi connectivity index (χ2v) is 5.83. The van der Waals surface area contributed by atoms with E-state index in [4.69, 9.17) is 10.5 Å². The summed E-state index contributed by atoms with van der Waals surface area (Å²) in [5.74, 6) is 0.632. The lowest BCUT2D eigenvalue weighted by Crippen LogP contribution is -2.23. The van der Waals surface area contributed by atoms with Crippen LogP contribution in [0.2, 0.25) is 0 Å². The molecule has 0 saturated heterocycles. The van der Waals surface area contributed by atoms with Crippen LogP contribution in [-0.2, 0) is 10.2 Å². The number of nitrogens with two attached hydrogens (primary N) is 1. The summed E-state index contributed by atoms with van der Waals surface area (Å²) in [6.45, 7) is 0.580. The number of pyridine rings is 1. The minimum absolute atomic E-state index is 0.107. The van der Waals surface area contributed by atoms with E-state index < -0.39 is 11.4 Å². The van der Waals surface area contributed by atoms with Crippen molar-refractivity contribution in [2.45, 2.75) is 24.7 Å². The lowest BCUT2D eigenvalue weighted by atomic mass is 9.98. The second-order valence-electron chi connectivity index (χ2n) is 5.83. The van der Waals surface area contributed by atoms with Crippen LogP contribution in [0.15, 0.2) is 30.9 Å². The van der Waals surface area contributed by atoms with Gasteiger partial charge < -0.3 is 15.6 Å². The van der Waals surface area contributed by atoms with Gasteiger partial charge in [-0.3, -0.25) is 9.36 Å². The number of aliphatic carboxylic acids is 1. The molecule has 0 aliphatic heterocycles. The molecule has 1 aliphatic carbocycles. The van der Waals surface area contributed by atoms with Crippen LogP contribution in [0, 0.1) is 5.92 Å². The Morgan fingerprint density at radius 1 is 1.52 bits per heavy atom. The molecule has 0 radical (unpaired) electrons. The van der Waals surface area contributed by atoms with Gasteiger partial charge in [-0.25, -0.2) is 9.97 Å². The largest absolute Gasteiger partial charge is 0.495 e. The Hall–Kier alpha value is -2.41. The summed E-state index contributed by atoms with van der Waals surface area (Å²) in [4.78, 5) is 20.4. The molecule has 1 aliphatic rings. The van der Waals surface area contributed by atoms with E-state index in [9.17, 15) is 9.90 Å². The van der Waals surface area contributed by atoms with Crippen molar-refractivity contribution in [3.05, 3.63) is 36.5 Å². The zero-order valence-corrected chi connectivity index (χ0v) is 13.0. The first-order chi connectivity index (χ1) is 11.1. The molecule has 0 amide bonds. The number of ether oxygens (including phenoxy) is 1. The van der Waals surface area contributed by atoms with Crippen LogP contribution in [0.4, 0.5) is 0 Å². The van der Waals surface area contributed by atoms with Crippen molar-refractivity contribution in [2.24, 2.45) is 11.7 Å². The quantitative estimate of drug-likeness (QED) is 0.799. The molecule has 2 atom stereocenters. The zero-order valence-electron chi connectivity index (χ0n) is 13.0. The van der Waals surface area contributed by atoms with Crippen LogP contribution in [0.5, 0.6) is 5.75 Å². The zero-order chi connectivity index (χ0) is 16.4. The Balaban J connectivity index is 1.84. The van der Waals surface area contributed by atoms with Crippen molar-refractivity contribution >= 4 is 5.97 Å². The maximum Gasteiger partial charge on any atom is 0.316 e.